The van der Waals surface area contributed by atoms with E-state index in [1.165, 1.54) is 0 Å². The van der Waals surface area contributed by atoms with Crippen molar-refractivity contribution in [1.82, 2.24) is 5.32 Å². The molecule has 0 saturated heterocycles. The minimum absolute atomic E-state index is 0.183. The number of aliphatic carboxylic acids is 1. The average molecular weight is 292 g/mol. The summed E-state index contributed by atoms with van der Waals surface area (Å²) in [5.74, 6) is -1.22. The normalized spacial score (nSPS) is 12.3. The lowest BCUT2D eigenvalue weighted by Crippen LogP contribution is -2.46. The van der Waals surface area contributed by atoms with Crippen molar-refractivity contribution >= 4 is 39.1 Å². The van der Waals surface area contributed by atoms with Crippen LogP contribution in [0, 0.1) is 5.92 Å². The number of carbonyl (C=O) groups excluding carboxylic acids is 1. The van der Waals surface area contributed by atoms with E-state index < -0.39 is 18.0 Å². The first-order valence-corrected chi connectivity index (χ1v) is 7.13. The lowest BCUT2D eigenvalue weighted by atomic mass is 10.1. The molecule has 0 unspecified atom stereocenters. The second-order valence-corrected chi connectivity index (χ2v) is 5.78. The minimum Gasteiger partial charge on any atom is -0.480 e. The quantitative estimate of drug-likeness (QED) is 0.810. The summed E-state index contributed by atoms with van der Waals surface area (Å²) in [6, 6.07) is 6.13. The molecule has 0 aliphatic heterocycles. The number of anilines is 1. The Hall–Kier alpha value is -2.08. The number of fused-ring (bicyclic) bond motifs is 1. The molecular formula is C14H16N2O3S. The molecule has 2 rings (SSSR count). The number of hydrogen-bond acceptors (Lipinski definition) is 3. The number of benzene rings is 1. The average Bonchev–Trinajstić information content (AvgIpc) is 2.82. The molecule has 5 nitrogen and oxygen atoms in total. The molecule has 0 saturated carbocycles. The van der Waals surface area contributed by atoms with Crippen molar-refractivity contribution in [1.29, 1.82) is 0 Å². The summed E-state index contributed by atoms with van der Waals surface area (Å²) < 4.78 is 1.14. The molecule has 2 amide bonds. The van der Waals surface area contributed by atoms with Gasteiger partial charge in [0, 0.05) is 10.4 Å². The fourth-order valence-electron chi connectivity index (χ4n) is 1.87. The van der Waals surface area contributed by atoms with Gasteiger partial charge < -0.3 is 15.7 Å². The molecule has 0 bridgehead atoms. The van der Waals surface area contributed by atoms with E-state index in [-0.39, 0.29) is 5.92 Å². The number of carboxylic acid groups (broad SMARTS) is 1. The van der Waals surface area contributed by atoms with Crippen molar-refractivity contribution in [3.8, 4) is 0 Å². The Morgan fingerprint density at radius 3 is 2.65 bits per heavy atom. The van der Waals surface area contributed by atoms with Gasteiger partial charge in [-0.15, -0.1) is 11.3 Å². The smallest absolute Gasteiger partial charge is 0.326 e. The Balaban J connectivity index is 2.05. The van der Waals surface area contributed by atoms with Crippen LogP contribution in [0.2, 0.25) is 0 Å². The van der Waals surface area contributed by atoms with Crippen LogP contribution in [0.1, 0.15) is 13.8 Å². The van der Waals surface area contributed by atoms with Crippen molar-refractivity contribution in [2.45, 2.75) is 19.9 Å². The first kappa shape index (κ1) is 14.3. The molecule has 3 N–H and O–H groups in total. The maximum absolute atomic E-state index is 11.8. The Bertz CT molecular complexity index is 636. The van der Waals surface area contributed by atoms with Crippen LogP contribution in [-0.4, -0.2) is 23.1 Å². The number of rotatable bonds is 4. The Labute approximate surface area is 120 Å². The number of carbonyl (C=O) groups is 2. The molecule has 106 valence electrons. The lowest BCUT2D eigenvalue weighted by molar-refractivity contribution is -0.140. The number of nitrogens with one attached hydrogen (secondary N) is 2. The Morgan fingerprint density at radius 2 is 2.00 bits per heavy atom. The minimum atomic E-state index is -1.04. The third-order valence-corrected chi connectivity index (χ3v) is 3.83. The van der Waals surface area contributed by atoms with E-state index in [4.69, 9.17) is 5.11 Å². The number of carboxylic acids is 1. The molecule has 20 heavy (non-hydrogen) atoms. The van der Waals surface area contributed by atoms with Gasteiger partial charge in [0.05, 0.1) is 0 Å². The summed E-state index contributed by atoms with van der Waals surface area (Å²) in [6.07, 6.45) is 0. The van der Waals surface area contributed by atoms with Crippen molar-refractivity contribution < 1.29 is 14.7 Å². The van der Waals surface area contributed by atoms with Crippen LogP contribution in [0.25, 0.3) is 10.1 Å². The molecule has 0 spiro atoms. The van der Waals surface area contributed by atoms with E-state index in [1.807, 2.05) is 23.6 Å². The third-order valence-electron chi connectivity index (χ3n) is 2.93. The molecule has 0 aliphatic rings. The summed E-state index contributed by atoms with van der Waals surface area (Å²) in [6.45, 7) is 3.49. The molecule has 2 aromatic rings. The lowest BCUT2D eigenvalue weighted by Gasteiger charge is -2.18. The number of thiophene rings is 1. The van der Waals surface area contributed by atoms with Gasteiger partial charge in [0.25, 0.3) is 0 Å². The van der Waals surface area contributed by atoms with Gasteiger partial charge in [-0.2, -0.15) is 0 Å². The van der Waals surface area contributed by atoms with Crippen LogP contribution in [0.3, 0.4) is 0 Å². The summed E-state index contributed by atoms with van der Waals surface area (Å²) in [4.78, 5) is 22.9. The van der Waals surface area contributed by atoms with Crippen molar-refractivity contribution in [3.05, 3.63) is 29.6 Å². The van der Waals surface area contributed by atoms with E-state index in [2.05, 4.69) is 10.6 Å². The highest BCUT2D eigenvalue weighted by Crippen LogP contribution is 2.23. The summed E-state index contributed by atoms with van der Waals surface area (Å²) in [7, 11) is 0. The standard InChI is InChI=1S/C14H16N2O3S/c1-8(2)12(13(17)18)16-14(19)15-10-3-4-11-9(7-10)5-6-20-11/h3-8,12H,1-2H3,(H,17,18)(H2,15,16,19)/t12-/m1/s1. The molecular weight excluding hydrogens is 276 g/mol. The second-order valence-electron chi connectivity index (χ2n) is 4.83. The summed E-state index contributed by atoms with van der Waals surface area (Å²) in [5, 5.41) is 17.2. The fraction of sp³-hybridized carbons (Fsp3) is 0.286. The molecule has 1 heterocycles. The summed E-state index contributed by atoms with van der Waals surface area (Å²) in [5.41, 5.74) is 0.640. The largest absolute Gasteiger partial charge is 0.480 e. The fourth-order valence-corrected chi connectivity index (χ4v) is 2.64. The van der Waals surface area contributed by atoms with Gasteiger partial charge in [0.2, 0.25) is 0 Å². The van der Waals surface area contributed by atoms with Crippen LogP contribution in [0.5, 0.6) is 0 Å². The molecule has 1 aromatic carbocycles. The monoisotopic (exact) mass is 292 g/mol. The summed E-state index contributed by atoms with van der Waals surface area (Å²) >= 11 is 1.63. The van der Waals surface area contributed by atoms with E-state index in [1.54, 1.807) is 31.3 Å². The highest BCUT2D eigenvalue weighted by atomic mass is 32.1. The van der Waals surface area contributed by atoms with E-state index in [0.717, 1.165) is 10.1 Å². The van der Waals surface area contributed by atoms with Crippen LogP contribution in [0.4, 0.5) is 10.5 Å². The molecule has 0 radical (unpaired) electrons. The maximum Gasteiger partial charge on any atom is 0.326 e. The van der Waals surface area contributed by atoms with Crippen LogP contribution < -0.4 is 10.6 Å². The van der Waals surface area contributed by atoms with E-state index >= 15 is 0 Å². The van der Waals surface area contributed by atoms with Gasteiger partial charge in [-0.1, -0.05) is 13.8 Å². The van der Waals surface area contributed by atoms with Gasteiger partial charge in [-0.25, -0.2) is 9.59 Å². The molecule has 1 atom stereocenters. The number of hydrogen-bond donors (Lipinski definition) is 3. The van der Waals surface area contributed by atoms with Crippen molar-refractivity contribution in [3.63, 3.8) is 0 Å². The van der Waals surface area contributed by atoms with Gasteiger partial charge in [-0.05, 0) is 40.9 Å². The Morgan fingerprint density at radius 1 is 1.25 bits per heavy atom. The van der Waals surface area contributed by atoms with Gasteiger partial charge in [-0.3, -0.25) is 0 Å². The zero-order valence-corrected chi connectivity index (χ0v) is 12.0. The predicted octanol–water partition coefficient (Wildman–Crippen LogP) is 3.13. The maximum atomic E-state index is 11.8. The predicted molar refractivity (Wildman–Crippen MR) is 80.2 cm³/mol. The van der Waals surface area contributed by atoms with Gasteiger partial charge in [0.1, 0.15) is 6.04 Å². The zero-order chi connectivity index (χ0) is 14.7. The second kappa shape index (κ2) is 5.92. The Kier molecular flexibility index (Phi) is 4.24. The first-order chi connectivity index (χ1) is 9.47. The van der Waals surface area contributed by atoms with Crippen LogP contribution >= 0.6 is 11.3 Å². The topological polar surface area (TPSA) is 78.4 Å². The van der Waals surface area contributed by atoms with Gasteiger partial charge >= 0.3 is 12.0 Å². The highest BCUT2D eigenvalue weighted by molar-refractivity contribution is 7.17. The molecule has 0 fully saturated rings. The molecule has 1 aromatic heterocycles. The van der Waals surface area contributed by atoms with E-state index in [0.29, 0.717) is 5.69 Å². The van der Waals surface area contributed by atoms with Crippen molar-refractivity contribution in [2.75, 3.05) is 5.32 Å². The zero-order valence-electron chi connectivity index (χ0n) is 11.2. The van der Waals surface area contributed by atoms with Gasteiger partial charge in [0.15, 0.2) is 0 Å². The highest BCUT2D eigenvalue weighted by Gasteiger charge is 2.23. The third kappa shape index (κ3) is 3.27. The first-order valence-electron chi connectivity index (χ1n) is 6.25. The molecule has 0 aliphatic carbocycles. The van der Waals surface area contributed by atoms with Crippen molar-refractivity contribution in [2.24, 2.45) is 5.92 Å². The number of amides is 2. The van der Waals surface area contributed by atoms with Crippen LogP contribution in [-0.2, 0) is 4.79 Å². The van der Waals surface area contributed by atoms with E-state index in [9.17, 15) is 9.59 Å². The SMILES string of the molecule is CC(C)[C@@H](NC(=O)Nc1ccc2sccc2c1)C(=O)O. The molecule has 6 heteroatoms. The number of urea groups is 1. The van der Waals surface area contributed by atoms with Crippen LogP contribution in [0.15, 0.2) is 29.6 Å².